The summed E-state index contributed by atoms with van der Waals surface area (Å²) in [5.74, 6) is 0.160. The Morgan fingerprint density at radius 2 is 1.61 bits per heavy atom. The lowest BCUT2D eigenvalue weighted by Crippen LogP contribution is -2.41. The van der Waals surface area contributed by atoms with Crippen molar-refractivity contribution in [1.82, 2.24) is 9.13 Å². The average Bonchev–Trinajstić information content (AvgIpc) is 2.80. The third-order valence-electron chi connectivity index (χ3n) is 5.80. The van der Waals surface area contributed by atoms with Crippen LogP contribution in [0, 0.1) is 10.1 Å². The van der Waals surface area contributed by atoms with Gasteiger partial charge in [-0.25, -0.2) is 4.79 Å². The largest absolute Gasteiger partial charge is 0.440 e. The number of benzene rings is 3. The molecule has 0 bridgehead atoms. The molecule has 1 aliphatic rings. The van der Waals surface area contributed by atoms with Crippen LogP contribution in [0.25, 0.3) is 10.8 Å². The molecule has 4 aromatic rings. The Morgan fingerprint density at radius 1 is 0.903 bits per heavy atom. The number of aromatic nitrogens is 2. The SMILES string of the molecule is Cn1c2c(c(=O)n(C)c1=O)C(c1ccc([N+](=O)[O-])cc1)c1c(ccc3ccccc13)O2. The lowest BCUT2D eigenvalue weighted by Gasteiger charge is -2.30. The Balaban J connectivity index is 1.90. The fourth-order valence-corrected chi connectivity index (χ4v) is 4.25. The predicted molar refractivity (Wildman–Crippen MR) is 115 cm³/mol. The number of nitro groups is 1. The van der Waals surface area contributed by atoms with Gasteiger partial charge in [0.05, 0.1) is 10.5 Å². The van der Waals surface area contributed by atoms with E-state index in [-0.39, 0.29) is 11.6 Å². The smallest absolute Gasteiger partial charge is 0.333 e. The van der Waals surface area contributed by atoms with Crippen molar-refractivity contribution in [3.05, 3.63) is 108 Å². The Morgan fingerprint density at radius 3 is 2.32 bits per heavy atom. The number of rotatable bonds is 2. The van der Waals surface area contributed by atoms with Gasteiger partial charge in [0.15, 0.2) is 0 Å². The third-order valence-corrected chi connectivity index (χ3v) is 5.80. The number of hydrogen-bond acceptors (Lipinski definition) is 5. The van der Waals surface area contributed by atoms with Gasteiger partial charge in [-0.2, -0.15) is 0 Å². The molecular weight excluding hydrogens is 398 g/mol. The Labute approximate surface area is 175 Å². The van der Waals surface area contributed by atoms with E-state index in [2.05, 4.69) is 0 Å². The van der Waals surface area contributed by atoms with Crippen LogP contribution in [0.5, 0.6) is 11.6 Å². The Hall–Kier alpha value is -4.20. The zero-order valence-electron chi connectivity index (χ0n) is 16.7. The molecule has 1 aliphatic heterocycles. The van der Waals surface area contributed by atoms with Crippen LogP contribution in [0.4, 0.5) is 5.69 Å². The van der Waals surface area contributed by atoms with Crippen molar-refractivity contribution in [2.45, 2.75) is 5.92 Å². The number of non-ortho nitro benzene ring substituents is 1. The number of ether oxygens (including phenoxy) is 1. The quantitative estimate of drug-likeness (QED) is 0.325. The van der Waals surface area contributed by atoms with Crippen LogP contribution in [0.1, 0.15) is 22.6 Å². The predicted octanol–water partition coefficient (Wildman–Crippen LogP) is 3.43. The molecule has 0 spiro atoms. The van der Waals surface area contributed by atoms with Crippen LogP contribution < -0.4 is 16.0 Å². The zero-order valence-corrected chi connectivity index (χ0v) is 16.7. The van der Waals surface area contributed by atoms with E-state index in [1.807, 2.05) is 36.4 Å². The summed E-state index contributed by atoms with van der Waals surface area (Å²) in [7, 11) is 2.98. The van der Waals surface area contributed by atoms with E-state index in [0.29, 0.717) is 16.9 Å². The molecule has 8 heteroatoms. The highest BCUT2D eigenvalue weighted by molar-refractivity contribution is 5.90. The van der Waals surface area contributed by atoms with Gasteiger partial charge in [0, 0.05) is 37.7 Å². The van der Waals surface area contributed by atoms with Crippen LogP contribution in [0.3, 0.4) is 0 Å². The van der Waals surface area contributed by atoms with E-state index >= 15 is 0 Å². The van der Waals surface area contributed by atoms with Gasteiger partial charge < -0.3 is 4.74 Å². The normalized spacial score (nSPS) is 14.6. The standard InChI is InChI=1S/C23H17N3O5/c1-24-21(27)20-18(14-7-10-15(11-8-14)26(29)30)19-16-6-4-3-5-13(16)9-12-17(19)31-22(20)25(2)23(24)28/h3-12,18H,1-2H3. The average molecular weight is 415 g/mol. The minimum Gasteiger partial charge on any atom is -0.440 e. The van der Waals surface area contributed by atoms with Crippen molar-refractivity contribution in [3.8, 4) is 11.6 Å². The highest BCUT2D eigenvalue weighted by atomic mass is 16.6. The van der Waals surface area contributed by atoms with E-state index in [9.17, 15) is 19.7 Å². The molecule has 31 heavy (non-hydrogen) atoms. The third kappa shape index (κ3) is 2.68. The Kier molecular flexibility index (Phi) is 4.04. The summed E-state index contributed by atoms with van der Waals surface area (Å²) >= 11 is 0. The molecule has 0 fully saturated rings. The highest BCUT2D eigenvalue weighted by Gasteiger charge is 2.35. The number of nitro benzene ring substituents is 1. The van der Waals surface area contributed by atoms with Gasteiger partial charge >= 0.3 is 5.69 Å². The van der Waals surface area contributed by atoms with E-state index < -0.39 is 22.1 Å². The number of fused-ring (bicyclic) bond motifs is 4. The van der Waals surface area contributed by atoms with E-state index in [1.165, 1.54) is 23.7 Å². The van der Waals surface area contributed by atoms with Gasteiger partial charge in [0.2, 0.25) is 5.88 Å². The fraction of sp³-hybridized carbons (Fsp3) is 0.130. The van der Waals surface area contributed by atoms with Gasteiger partial charge in [-0.05, 0) is 22.4 Å². The van der Waals surface area contributed by atoms with Gasteiger partial charge in [-0.1, -0.05) is 42.5 Å². The zero-order chi connectivity index (χ0) is 21.9. The summed E-state index contributed by atoms with van der Waals surface area (Å²) in [6.45, 7) is 0. The van der Waals surface area contributed by atoms with Crippen LogP contribution in [-0.4, -0.2) is 14.1 Å². The second kappa shape index (κ2) is 6.66. The molecule has 0 saturated heterocycles. The number of nitrogens with zero attached hydrogens (tertiary/aromatic N) is 3. The monoisotopic (exact) mass is 415 g/mol. The Bertz CT molecular complexity index is 1500. The minimum atomic E-state index is -0.559. The summed E-state index contributed by atoms with van der Waals surface area (Å²) in [5, 5.41) is 13.0. The molecule has 0 N–H and O–H groups in total. The summed E-state index contributed by atoms with van der Waals surface area (Å²) in [6.07, 6.45) is 0. The molecule has 0 radical (unpaired) electrons. The molecule has 5 rings (SSSR count). The topological polar surface area (TPSA) is 96.4 Å². The first-order chi connectivity index (χ1) is 14.9. The first kappa shape index (κ1) is 18.8. The van der Waals surface area contributed by atoms with Gasteiger partial charge in [-0.15, -0.1) is 0 Å². The van der Waals surface area contributed by atoms with Crippen molar-refractivity contribution in [2.24, 2.45) is 14.1 Å². The fourth-order valence-electron chi connectivity index (χ4n) is 4.25. The molecule has 1 atom stereocenters. The minimum absolute atomic E-state index is 0.0393. The van der Waals surface area contributed by atoms with Crippen LogP contribution in [-0.2, 0) is 14.1 Å². The summed E-state index contributed by atoms with van der Waals surface area (Å²) in [6, 6.07) is 17.6. The maximum Gasteiger partial charge on any atom is 0.333 e. The van der Waals surface area contributed by atoms with Crippen molar-refractivity contribution >= 4 is 16.5 Å². The number of hydrogen-bond donors (Lipinski definition) is 0. The molecule has 2 heterocycles. The summed E-state index contributed by atoms with van der Waals surface area (Å²) in [5.41, 5.74) is 0.819. The summed E-state index contributed by atoms with van der Waals surface area (Å²) in [4.78, 5) is 36.4. The first-order valence-corrected chi connectivity index (χ1v) is 9.62. The van der Waals surface area contributed by atoms with Crippen molar-refractivity contribution in [3.63, 3.8) is 0 Å². The molecule has 1 unspecified atom stereocenters. The second-order valence-electron chi connectivity index (χ2n) is 7.51. The lowest BCUT2D eigenvalue weighted by atomic mass is 9.81. The molecule has 0 saturated carbocycles. The maximum atomic E-state index is 13.3. The molecule has 0 aliphatic carbocycles. The van der Waals surface area contributed by atoms with Crippen LogP contribution >= 0.6 is 0 Å². The van der Waals surface area contributed by atoms with Crippen molar-refractivity contribution in [1.29, 1.82) is 0 Å². The second-order valence-corrected chi connectivity index (χ2v) is 7.51. The van der Waals surface area contributed by atoms with E-state index in [0.717, 1.165) is 20.9 Å². The maximum absolute atomic E-state index is 13.3. The molecule has 0 amide bonds. The van der Waals surface area contributed by atoms with E-state index in [1.54, 1.807) is 19.2 Å². The summed E-state index contributed by atoms with van der Waals surface area (Å²) < 4.78 is 8.45. The first-order valence-electron chi connectivity index (χ1n) is 9.62. The molecule has 1 aromatic heterocycles. The van der Waals surface area contributed by atoms with Gasteiger partial charge in [-0.3, -0.25) is 24.0 Å². The van der Waals surface area contributed by atoms with Crippen molar-refractivity contribution in [2.75, 3.05) is 0 Å². The van der Waals surface area contributed by atoms with E-state index in [4.69, 9.17) is 4.74 Å². The van der Waals surface area contributed by atoms with Gasteiger partial charge in [0.25, 0.3) is 11.2 Å². The molecular formula is C23H17N3O5. The van der Waals surface area contributed by atoms with Gasteiger partial charge in [0.1, 0.15) is 5.75 Å². The van der Waals surface area contributed by atoms with Crippen molar-refractivity contribution < 1.29 is 9.66 Å². The highest BCUT2D eigenvalue weighted by Crippen LogP contribution is 2.48. The molecule has 154 valence electrons. The lowest BCUT2D eigenvalue weighted by molar-refractivity contribution is -0.384. The van der Waals surface area contributed by atoms with Crippen LogP contribution in [0.15, 0.2) is 70.3 Å². The molecule has 8 nitrogen and oxygen atoms in total. The van der Waals surface area contributed by atoms with Crippen LogP contribution in [0.2, 0.25) is 0 Å². The molecule has 3 aromatic carbocycles.